The summed E-state index contributed by atoms with van der Waals surface area (Å²) in [7, 11) is 0. The maximum absolute atomic E-state index is 12.6. The van der Waals surface area contributed by atoms with Gasteiger partial charge in [-0.25, -0.2) is 4.79 Å². The summed E-state index contributed by atoms with van der Waals surface area (Å²) in [4.78, 5) is 28.8. The predicted molar refractivity (Wildman–Crippen MR) is 116 cm³/mol. The third-order valence-corrected chi connectivity index (χ3v) is 4.86. The molecule has 1 fully saturated rings. The molecule has 0 atom stereocenters. The van der Waals surface area contributed by atoms with E-state index in [4.69, 9.17) is 0 Å². The number of hydrogen-bond acceptors (Lipinski definition) is 5. The lowest BCUT2D eigenvalue weighted by molar-refractivity contribution is 0.102. The van der Waals surface area contributed by atoms with Gasteiger partial charge in [0.25, 0.3) is 5.91 Å². The van der Waals surface area contributed by atoms with Crippen molar-refractivity contribution in [2.75, 3.05) is 41.7 Å². The largest absolute Gasteiger partial charge is 0.352 e. The Hall–Kier alpha value is -3.94. The van der Waals surface area contributed by atoms with E-state index in [9.17, 15) is 9.59 Å². The van der Waals surface area contributed by atoms with E-state index in [-0.39, 0.29) is 11.9 Å². The minimum Gasteiger partial charge on any atom is -0.352 e. The number of carbonyl (C=O) groups excluding carboxylic acids is 2. The maximum atomic E-state index is 12.6. The number of aromatic nitrogens is 2. The first kappa shape index (κ1) is 19.4. The zero-order chi connectivity index (χ0) is 20.8. The Labute approximate surface area is 174 Å². The van der Waals surface area contributed by atoms with Crippen LogP contribution in [0.4, 0.5) is 22.0 Å². The molecule has 152 valence electrons. The summed E-state index contributed by atoms with van der Waals surface area (Å²) in [6.07, 6.45) is 1.64. The van der Waals surface area contributed by atoms with Crippen LogP contribution in [0.1, 0.15) is 10.4 Å². The van der Waals surface area contributed by atoms with E-state index >= 15 is 0 Å². The van der Waals surface area contributed by atoms with Gasteiger partial charge in [0.2, 0.25) is 0 Å². The molecule has 8 heteroatoms. The Bertz CT molecular complexity index is 1000. The third kappa shape index (κ3) is 4.72. The molecule has 3 amide bonds. The topological polar surface area (TPSA) is 90.5 Å². The zero-order valence-electron chi connectivity index (χ0n) is 16.4. The van der Waals surface area contributed by atoms with Crippen molar-refractivity contribution in [1.82, 2.24) is 15.1 Å². The van der Waals surface area contributed by atoms with Crippen LogP contribution in [0.5, 0.6) is 0 Å². The highest BCUT2D eigenvalue weighted by molar-refractivity contribution is 6.04. The lowest BCUT2D eigenvalue weighted by Gasteiger charge is -2.35. The van der Waals surface area contributed by atoms with Gasteiger partial charge >= 0.3 is 6.03 Å². The first-order chi connectivity index (χ1) is 14.7. The molecule has 2 aromatic carbocycles. The summed E-state index contributed by atoms with van der Waals surface area (Å²) in [5.74, 6) is 0.624. The fourth-order valence-electron chi connectivity index (χ4n) is 3.27. The second-order valence-electron chi connectivity index (χ2n) is 6.89. The van der Waals surface area contributed by atoms with Crippen molar-refractivity contribution in [1.29, 1.82) is 0 Å². The number of urea groups is 1. The summed E-state index contributed by atoms with van der Waals surface area (Å²) in [5.41, 5.74) is 1.82. The molecule has 0 spiro atoms. The van der Waals surface area contributed by atoms with Crippen molar-refractivity contribution in [3.63, 3.8) is 0 Å². The van der Waals surface area contributed by atoms with Gasteiger partial charge in [0.1, 0.15) is 0 Å². The zero-order valence-corrected chi connectivity index (χ0v) is 16.4. The molecule has 8 nitrogen and oxygen atoms in total. The Kier molecular flexibility index (Phi) is 5.84. The van der Waals surface area contributed by atoms with Gasteiger partial charge in [-0.1, -0.05) is 24.3 Å². The molecule has 4 rings (SSSR count). The number of nitrogens with one attached hydrogen (secondary N) is 2. The van der Waals surface area contributed by atoms with E-state index in [1.165, 1.54) is 0 Å². The number of hydrogen-bond donors (Lipinski definition) is 2. The van der Waals surface area contributed by atoms with Crippen molar-refractivity contribution < 1.29 is 9.59 Å². The fraction of sp³-hybridized carbons (Fsp3) is 0.182. The third-order valence-electron chi connectivity index (χ3n) is 4.86. The monoisotopic (exact) mass is 402 g/mol. The van der Waals surface area contributed by atoms with Gasteiger partial charge in [-0.05, 0) is 42.5 Å². The summed E-state index contributed by atoms with van der Waals surface area (Å²) >= 11 is 0. The van der Waals surface area contributed by atoms with Crippen molar-refractivity contribution in [3.05, 3.63) is 78.5 Å². The van der Waals surface area contributed by atoms with Gasteiger partial charge in [0, 0.05) is 49.3 Å². The van der Waals surface area contributed by atoms with Gasteiger partial charge in [-0.2, -0.15) is 5.10 Å². The average molecular weight is 402 g/mol. The van der Waals surface area contributed by atoms with Crippen molar-refractivity contribution >= 4 is 29.1 Å². The Morgan fingerprint density at radius 3 is 2.23 bits per heavy atom. The SMILES string of the molecule is O=C(Nc1cccc(NC(=O)N2CCN(c3cccnn3)CC2)c1)c1ccccc1. The summed E-state index contributed by atoms with van der Waals surface area (Å²) < 4.78 is 0. The molecule has 3 aromatic rings. The van der Waals surface area contributed by atoms with Gasteiger partial charge in [-0.15, -0.1) is 5.10 Å². The van der Waals surface area contributed by atoms with Crippen molar-refractivity contribution in [3.8, 4) is 0 Å². The standard InChI is InChI=1S/C22H22N6O2/c29-21(17-6-2-1-3-7-17)24-18-8-4-9-19(16-18)25-22(30)28-14-12-27(13-15-28)20-10-5-11-23-26-20/h1-11,16H,12-15H2,(H,24,29)(H,25,30). The number of carbonyl (C=O) groups is 2. The van der Waals surface area contributed by atoms with Crippen LogP contribution < -0.4 is 15.5 Å². The first-order valence-corrected chi connectivity index (χ1v) is 9.74. The van der Waals surface area contributed by atoms with E-state index in [0.717, 1.165) is 5.82 Å². The number of amides is 3. The molecule has 30 heavy (non-hydrogen) atoms. The fourth-order valence-corrected chi connectivity index (χ4v) is 3.27. The second kappa shape index (κ2) is 9.04. The van der Waals surface area contributed by atoms with Crippen LogP contribution in [-0.2, 0) is 0 Å². The molecule has 2 heterocycles. The Balaban J connectivity index is 1.33. The van der Waals surface area contributed by atoms with E-state index in [2.05, 4.69) is 25.7 Å². The van der Waals surface area contributed by atoms with Crippen LogP contribution in [0.15, 0.2) is 72.9 Å². The lowest BCUT2D eigenvalue weighted by Crippen LogP contribution is -2.50. The molecular formula is C22H22N6O2. The molecule has 0 unspecified atom stereocenters. The smallest absolute Gasteiger partial charge is 0.321 e. The highest BCUT2D eigenvalue weighted by Gasteiger charge is 2.22. The molecule has 0 bridgehead atoms. The van der Waals surface area contributed by atoms with Crippen LogP contribution >= 0.6 is 0 Å². The quantitative estimate of drug-likeness (QED) is 0.700. The van der Waals surface area contributed by atoms with Gasteiger partial charge in [-0.3, -0.25) is 4.79 Å². The second-order valence-corrected chi connectivity index (χ2v) is 6.89. The first-order valence-electron chi connectivity index (χ1n) is 9.74. The van der Waals surface area contributed by atoms with Crippen molar-refractivity contribution in [2.24, 2.45) is 0 Å². The molecule has 1 saturated heterocycles. The molecule has 0 radical (unpaired) electrons. The van der Waals surface area contributed by atoms with Crippen LogP contribution in [-0.4, -0.2) is 53.2 Å². The average Bonchev–Trinajstić information content (AvgIpc) is 2.80. The Morgan fingerprint density at radius 2 is 1.53 bits per heavy atom. The molecule has 1 aliphatic heterocycles. The van der Waals surface area contributed by atoms with Gasteiger partial charge in [0.05, 0.1) is 0 Å². The predicted octanol–water partition coefficient (Wildman–Crippen LogP) is 3.08. The highest BCUT2D eigenvalue weighted by atomic mass is 16.2. The Morgan fingerprint density at radius 1 is 0.800 bits per heavy atom. The lowest BCUT2D eigenvalue weighted by atomic mass is 10.2. The minimum atomic E-state index is -0.195. The van der Waals surface area contributed by atoms with Crippen molar-refractivity contribution in [2.45, 2.75) is 0 Å². The summed E-state index contributed by atoms with van der Waals surface area (Å²) in [6.45, 7) is 2.57. The van der Waals surface area contributed by atoms with Gasteiger partial charge < -0.3 is 20.4 Å². The van der Waals surface area contributed by atoms with E-state index < -0.39 is 0 Å². The van der Waals surface area contributed by atoms with Crippen LogP contribution in [0, 0.1) is 0 Å². The number of benzene rings is 2. The van der Waals surface area contributed by atoms with E-state index in [1.807, 2.05) is 30.3 Å². The number of piperazine rings is 1. The molecule has 0 saturated carbocycles. The number of nitrogens with zero attached hydrogens (tertiary/aromatic N) is 4. The summed E-state index contributed by atoms with van der Waals surface area (Å²) in [5, 5.41) is 13.8. The van der Waals surface area contributed by atoms with E-state index in [1.54, 1.807) is 47.5 Å². The van der Waals surface area contributed by atoms with Crippen LogP contribution in [0.2, 0.25) is 0 Å². The van der Waals surface area contributed by atoms with E-state index in [0.29, 0.717) is 43.1 Å². The van der Waals surface area contributed by atoms with Crippen LogP contribution in [0.3, 0.4) is 0 Å². The molecule has 2 N–H and O–H groups in total. The normalized spacial score (nSPS) is 13.6. The summed E-state index contributed by atoms with van der Waals surface area (Å²) in [6, 6.07) is 19.7. The molecule has 1 aromatic heterocycles. The number of rotatable bonds is 4. The molecule has 1 aliphatic rings. The minimum absolute atomic E-state index is 0.166. The van der Waals surface area contributed by atoms with Crippen LogP contribution in [0.25, 0.3) is 0 Å². The highest BCUT2D eigenvalue weighted by Crippen LogP contribution is 2.18. The van der Waals surface area contributed by atoms with Gasteiger partial charge in [0.15, 0.2) is 5.82 Å². The maximum Gasteiger partial charge on any atom is 0.321 e. The molecule has 0 aliphatic carbocycles. The molecular weight excluding hydrogens is 380 g/mol. The number of anilines is 3.